The van der Waals surface area contributed by atoms with Crippen molar-refractivity contribution in [3.8, 4) is 0 Å². The van der Waals surface area contributed by atoms with Gasteiger partial charge in [-0.25, -0.2) is 4.57 Å². The van der Waals surface area contributed by atoms with Crippen molar-refractivity contribution in [2.24, 2.45) is 0 Å². The van der Waals surface area contributed by atoms with Crippen LogP contribution in [0.15, 0.2) is 48.6 Å². The first-order valence-electron chi connectivity index (χ1n) is 17.9. The molecule has 2 N–H and O–H groups in total. The van der Waals surface area contributed by atoms with Crippen LogP contribution in [0.4, 0.5) is 0 Å². The molecule has 0 unspecified atom stereocenters. The highest BCUT2D eigenvalue weighted by atomic mass is 31.2. The van der Waals surface area contributed by atoms with Crippen LogP contribution in [0.1, 0.15) is 155 Å². The minimum Gasteiger partial charge on any atom is -0.462 e. The van der Waals surface area contributed by atoms with Crippen LogP contribution in [0.3, 0.4) is 0 Å². The molecular weight excluding hydrogens is 603 g/mol. The largest absolute Gasteiger partial charge is 0.469 e. The van der Waals surface area contributed by atoms with Crippen LogP contribution in [-0.4, -0.2) is 41.0 Å². The molecule has 0 bridgehead atoms. The van der Waals surface area contributed by atoms with E-state index in [0.29, 0.717) is 12.8 Å². The van der Waals surface area contributed by atoms with Gasteiger partial charge < -0.3 is 19.3 Å². The molecule has 46 heavy (non-hydrogen) atoms. The molecule has 0 heterocycles. The molecule has 1 atom stereocenters. The van der Waals surface area contributed by atoms with Gasteiger partial charge in [-0.1, -0.05) is 120 Å². The van der Waals surface area contributed by atoms with E-state index in [0.717, 1.165) is 77.0 Å². The van der Waals surface area contributed by atoms with Crippen LogP contribution >= 0.6 is 7.82 Å². The predicted molar refractivity (Wildman–Crippen MR) is 188 cm³/mol. The summed E-state index contributed by atoms with van der Waals surface area (Å²) in [5.74, 6) is -0.926. The molecule has 0 saturated carbocycles. The second kappa shape index (κ2) is 32.9. The Kier molecular flexibility index (Phi) is 31.5. The van der Waals surface area contributed by atoms with E-state index in [1.807, 2.05) is 0 Å². The molecular formula is C37H65O8P. The van der Waals surface area contributed by atoms with E-state index < -0.39 is 32.5 Å². The van der Waals surface area contributed by atoms with Gasteiger partial charge in [0.25, 0.3) is 0 Å². The summed E-state index contributed by atoms with van der Waals surface area (Å²) in [5.41, 5.74) is 0. The van der Waals surface area contributed by atoms with Crippen molar-refractivity contribution in [1.29, 1.82) is 0 Å². The van der Waals surface area contributed by atoms with Crippen molar-refractivity contribution in [2.45, 2.75) is 161 Å². The Morgan fingerprint density at radius 1 is 0.565 bits per heavy atom. The Labute approximate surface area is 280 Å². The maximum atomic E-state index is 12.3. The second-order valence-electron chi connectivity index (χ2n) is 11.8. The Morgan fingerprint density at radius 3 is 1.54 bits per heavy atom. The van der Waals surface area contributed by atoms with Crippen molar-refractivity contribution < 1.29 is 37.9 Å². The number of hydrogen-bond donors (Lipinski definition) is 2. The highest BCUT2D eigenvalue weighted by molar-refractivity contribution is 7.46. The van der Waals surface area contributed by atoms with E-state index in [4.69, 9.17) is 19.3 Å². The molecule has 0 rings (SSSR count). The fourth-order valence-electron chi connectivity index (χ4n) is 4.59. The minimum absolute atomic E-state index is 0.194. The van der Waals surface area contributed by atoms with Crippen molar-refractivity contribution >= 4 is 19.8 Å². The summed E-state index contributed by atoms with van der Waals surface area (Å²) in [5, 5.41) is 0. The van der Waals surface area contributed by atoms with Crippen LogP contribution < -0.4 is 0 Å². The van der Waals surface area contributed by atoms with Gasteiger partial charge in [-0.15, -0.1) is 0 Å². The second-order valence-corrected chi connectivity index (χ2v) is 13.1. The molecule has 0 saturated heterocycles. The molecule has 0 aliphatic heterocycles. The van der Waals surface area contributed by atoms with E-state index in [2.05, 4.69) is 67.0 Å². The number of phosphoric acid groups is 1. The first-order valence-corrected chi connectivity index (χ1v) is 19.5. The number of carbonyl (C=O) groups excluding carboxylic acids is 2. The number of carbonyl (C=O) groups is 2. The maximum absolute atomic E-state index is 12.3. The summed E-state index contributed by atoms with van der Waals surface area (Å²) in [4.78, 5) is 42.6. The van der Waals surface area contributed by atoms with E-state index >= 15 is 0 Å². The molecule has 266 valence electrons. The van der Waals surface area contributed by atoms with E-state index in [1.165, 1.54) is 38.5 Å². The maximum Gasteiger partial charge on any atom is 0.469 e. The quantitative estimate of drug-likeness (QED) is 0.0315. The zero-order valence-electron chi connectivity index (χ0n) is 29.0. The van der Waals surface area contributed by atoms with Gasteiger partial charge in [0, 0.05) is 12.8 Å². The zero-order chi connectivity index (χ0) is 34.0. The van der Waals surface area contributed by atoms with E-state index in [9.17, 15) is 14.2 Å². The lowest BCUT2D eigenvalue weighted by molar-refractivity contribution is -0.161. The van der Waals surface area contributed by atoms with Gasteiger partial charge >= 0.3 is 19.8 Å². The topological polar surface area (TPSA) is 119 Å². The van der Waals surface area contributed by atoms with Gasteiger partial charge in [0.1, 0.15) is 6.61 Å². The summed E-state index contributed by atoms with van der Waals surface area (Å²) >= 11 is 0. The number of allylic oxidation sites excluding steroid dienone is 8. The molecule has 0 aliphatic rings. The van der Waals surface area contributed by atoms with Crippen LogP contribution in [0, 0.1) is 0 Å². The number of unbranched alkanes of at least 4 members (excludes halogenated alkanes) is 14. The molecule has 8 nitrogen and oxygen atoms in total. The van der Waals surface area contributed by atoms with Crippen LogP contribution in [-0.2, 0) is 28.2 Å². The van der Waals surface area contributed by atoms with E-state index in [-0.39, 0.29) is 19.4 Å². The Balaban J connectivity index is 4.04. The number of ether oxygens (including phenoxy) is 2. The third-order valence-corrected chi connectivity index (χ3v) is 7.81. The Bertz CT molecular complexity index is 890. The van der Waals surface area contributed by atoms with Crippen molar-refractivity contribution in [3.05, 3.63) is 48.6 Å². The summed E-state index contributed by atoms with van der Waals surface area (Å²) in [6, 6.07) is 0. The number of rotatable bonds is 32. The fourth-order valence-corrected chi connectivity index (χ4v) is 4.95. The Morgan fingerprint density at radius 2 is 1.00 bits per heavy atom. The highest BCUT2D eigenvalue weighted by Crippen LogP contribution is 2.35. The average molecular weight is 669 g/mol. The van der Waals surface area contributed by atoms with Crippen molar-refractivity contribution in [1.82, 2.24) is 0 Å². The van der Waals surface area contributed by atoms with Crippen molar-refractivity contribution in [3.63, 3.8) is 0 Å². The average Bonchev–Trinajstić information content (AvgIpc) is 3.02. The molecule has 9 heteroatoms. The number of esters is 2. The fraction of sp³-hybridized carbons (Fsp3) is 0.730. The third-order valence-electron chi connectivity index (χ3n) is 7.32. The third kappa shape index (κ3) is 34.9. The molecule has 0 aromatic carbocycles. The summed E-state index contributed by atoms with van der Waals surface area (Å²) < 4.78 is 26.2. The lowest BCUT2D eigenvalue weighted by Crippen LogP contribution is -2.29. The number of phosphoric ester groups is 1. The molecule has 0 spiro atoms. The van der Waals surface area contributed by atoms with Crippen LogP contribution in [0.5, 0.6) is 0 Å². The Hall–Kier alpha value is -1.99. The smallest absolute Gasteiger partial charge is 0.462 e. The summed E-state index contributed by atoms with van der Waals surface area (Å²) in [7, 11) is -4.75. The normalized spacial score (nSPS) is 13.0. The number of hydrogen-bond acceptors (Lipinski definition) is 6. The van der Waals surface area contributed by atoms with Crippen LogP contribution in [0.2, 0.25) is 0 Å². The molecule has 0 aliphatic carbocycles. The highest BCUT2D eigenvalue weighted by Gasteiger charge is 2.22. The van der Waals surface area contributed by atoms with Gasteiger partial charge in [-0.05, 0) is 70.6 Å². The summed E-state index contributed by atoms with van der Waals surface area (Å²) in [6.45, 7) is 3.56. The van der Waals surface area contributed by atoms with Crippen LogP contribution in [0.25, 0.3) is 0 Å². The molecule has 0 fully saturated rings. The SMILES string of the molecule is CCCC/C=C\CCCCCCCC(=O)O[C@H](COC(=O)CCCCCC/C=C\C/C=C\C/C=C\CCCCC)COP(=O)(O)O. The van der Waals surface area contributed by atoms with Gasteiger partial charge in [-0.3, -0.25) is 14.1 Å². The minimum atomic E-state index is -4.75. The van der Waals surface area contributed by atoms with Gasteiger partial charge in [0.2, 0.25) is 0 Å². The zero-order valence-corrected chi connectivity index (χ0v) is 29.9. The molecule has 0 aromatic rings. The van der Waals surface area contributed by atoms with Crippen molar-refractivity contribution in [2.75, 3.05) is 13.2 Å². The molecule has 0 aromatic heterocycles. The van der Waals surface area contributed by atoms with Gasteiger partial charge in [-0.2, -0.15) is 0 Å². The first kappa shape index (κ1) is 44.0. The summed E-state index contributed by atoms with van der Waals surface area (Å²) in [6.07, 6.45) is 38.3. The predicted octanol–water partition coefficient (Wildman–Crippen LogP) is 10.4. The van der Waals surface area contributed by atoms with E-state index in [1.54, 1.807) is 0 Å². The van der Waals surface area contributed by atoms with Gasteiger partial charge in [0.05, 0.1) is 6.61 Å². The lowest BCUT2D eigenvalue weighted by atomic mass is 10.1. The van der Waals surface area contributed by atoms with Gasteiger partial charge in [0.15, 0.2) is 6.10 Å². The lowest BCUT2D eigenvalue weighted by Gasteiger charge is -2.18. The molecule has 0 radical (unpaired) electrons. The molecule has 0 amide bonds. The first-order chi connectivity index (χ1) is 22.3. The monoisotopic (exact) mass is 668 g/mol. The standard InChI is InChI=1S/C37H65O8P/c1-3-5-7-9-11-13-15-16-17-18-19-20-22-23-25-27-29-31-36(38)43-33-35(34-44-46(40,41)42)45-37(39)32-30-28-26-24-21-14-12-10-8-6-4-2/h10-13,16-17,19-20,35H,3-9,14-15,18,21-34H2,1-2H3,(H2,40,41,42)/b12-10-,13-11-,17-16-,20-19-/t35-/m1/s1.